The Hall–Kier alpha value is -1.99. The molecule has 3 N–H and O–H groups in total. The van der Waals surface area contributed by atoms with Gasteiger partial charge in [0.1, 0.15) is 5.56 Å². The standard InChI is InChI=1S/C7H5F3N2O3/c8-7(9,10)4-1-3(12-6(14)15)2-11-5(4)13/h1-2,12H,(H,11,13)(H,14,15). The van der Waals surface area contributed by atoms with Crippen molar-refractivity contribution in [2.45, 2.75) is 6.18 Å². The van der Waals surface area contributed by atoms with Crippen molar-refractivity contribution in [3.8, 4) is 0 Å². The predicted molar refractivity (Wildman–Crippen MR) is 43.7 cm³/mol. The number of anilines is 1. The van der Waals surface area contributed by atoms with Crippen LogP contribution < -0.4 is 10.9 Å². The minimum atomic E-state index is -4.82. The summed E-state index contributed by atoms with van der Waals surface area (Å²) in [5.74, 6) is 0. The SMILES string of the molecule is O=C(O)Nc1c[nH]c(=O)c(C(F)(F)F)c1. The fourth-order valence-electron chi connectivity index (χ4n) is 0.890. The summed E-state index contributed by atoms with van der Waals surface area (Å²) in [6.07, 6.45) is -5.50. The molecule has 8 heteroatoms. The van der Waals surface area contributed by atoms with Gasteiger partial charge < -0.3 is 10.1 Å². The Morgan fingerprint density at radius 3 is 2.53 bits per heavy atom. The van der Waals surface area contributed by atoms with E-state index < -0.39 is 23.4 Å². The number of amides is 1. The van der Waals surface area contributed by atoms with Gasteiger partial charge in [-0.3, -0.25) is 10.1 Å². The zero-order valence-electron chi connectivity index (χ0n) is 7.05. The van der Waals surface area contributed by atoms with Gasteiger partial charge in [0.2, 0.25) is 0 Å². The van der Waals surface area contributed by atoms with E-state index in [1.807, 2.05) is 0 Å². The summed E-state index contributed by atoms with van der Waals surface area (Å²) in [7, 11) is 0. The van der Waals surface area contributed by atoms with Gasteiger partial charge in [-0.15, -0.1) is 0 Å². The average molecular weight is 222 g/mol. The number of H-pyrrole nitrogens is 1. The maximum atomic E-state index is 12.2. The fraction of sp³-hybridized carbons (Fsp3) is 0.143. The third-order valence-corrected chi connectivity index (χ3v) is 1.46. The van der Waals surface area contributed by atoms with Crippen LogP contribution in [0, 0.1) is 0 Å². The number of carboxylic acid groups (broad SMARTS) is 1. The van der Waals surface area contributed by atoms with Gasteiger partial charge in [-0.2, -0.15) is 13.2 Å². The lowest BCUT2D eigenvalue weighted by Crippen LogP contribution is -2.22. The van der Waals surface area contributed by atoms with Gasteiger partial charge in [0.05, 0.1) is 5.69 Å². The summed E-state index contributed by atoms with van der Waals surface area (Å²) in [5.41, 5.74) is -3.12. The summed E-state index contributed by atoms with van der Waals surface area (Å²) in [6.45, 7) is 0. The van der Waals surface area contributed by atoms with Gasteiger partial charge in [-0.1, -0.05) is 0 Å². The first-order chi connectivity index (χ1) is 6.80. The highest BCUT2D eigenvalue weighted by Gasteiger charge is 2.34. The van der Waals surface area contributed by atoms with Crippen molar-refractivity contribution in [3.63, 3.8) is 0 Å². The van der Waals surface area contributed by atoms with Crippen LogP contribution in [0.4, 0.5) is 23.7 Å². The Labute approximate surface area is 80.5 Å². The second-order valence-electron chi connectivity index (χ2n) is 2.56. The predicted octanol–water partition coefficient (Wildman–Crippen LogP) is 1.48. The number of halogens is 3. The van der Waals surface area contributed by atoms with E-state index in [0.29, 0.717) is 6.07 Å². The van der Waals surface area contributed by atoms with Gasteiger partial charge >= 0.3 is 12.3 Å². The van der Waals surface area contributed by atoms with E-state index in [4.69, 9.17) is 5.11 Å². The Kier molecular flexibility index (Phi) is 2.69. The Bertz CT molecular complexity index is 438. The third-order valence-electron chi connectivity index (χ3n) is 1.46. The fourth-order valence-corrected chi connectivity index (χ4v) is 0.890. The molecule has 0 saturated carbocycles. The van der Waals surface area contributed by atoms with Crippen molar-refractivity contribution < 1.29 is 23.1 Å². The molecule has 15 heavy (non-hydrogen) atoms. The van der Waals surface area contributed by atoms with Gasteiger partial charge in [0.15, 0.2) is 0 Å². The lowest BCUT2D eigenvalue weighted by atomic mass is 10.2. The number of pyridine rings is 1. The van der Waals surface area contributed by atoms with Crippen molar-refractivity contribution in [1.82, 2.24) is 4.98 Å². The number of aromatic amines is 1. The molecule has 0 unspecified atom stereocenters. The second-order valence-corrected chi connectivity index (χ2v) is 2.56. The van der Waals surface area contributed by atoms with Crippen LogP contribution in [0.3, 0.4) is 0 Å². The van der Waals surface area contributed by atoms with Crippen LogP contribution in [0.15, 0.2) is 17.1 Å². The maximum absolute atomic E-state index is 12.2. The Morgan fingerprint density at radius 2 is 2.07 bits per heavy atom. The molecule has 0 fully saturated rings. The molecule has 0 saturated heterocycles. The molecular weight excluding hydrogens is 217 g/mol. The minimum Gasteiger partial charge on any atom is -0.465 e. The number of alkyl halides is 3. The van der Waals surface area contributed by atoms with Gasteiger partial charge in [-0.25, -0.2) is 4.79 Å². The van der Waals surface area contributed by atoms with Crippen LogP contribution in [0.5, 0.6) is 0 Å². The zero-order chi connectivity index (χ0) is 11.6. The molecule has 1 rings (SSSR count). The number of aromatic nitrogens is 1. The van der Waals surface area contributed by atoms with Crippen LogP contribution in [-0.2, 0) is 6.18 Å². The number of hydrogen-bond acceptors (Lipinski definition) is 2. The number of rotatable bonds is 1. The van der Waals surface area contributed by atoms with Crippen LogP contribution in [0.25, 0.3) is 0 Å². The quantitative estimate of drug-likeness (QED) is 0.673. The molecule has 1 heterocycles. The third kappa shape index (κ3) is 2.73. The topological polar surface area (TPSA) is 82.2 Å². The van der Waals surface area contributed by atoms with E-state index in [-0.39, 0.29) is 5.69 Å². The normalized spacial score (nSPS) is 11.1. The van der Waals surface area contributed by atoms with Crippen molar-refractivity contribution >= 4 is 11.8 Å². The van der Waals surface area contributed by atoms with E-state index in [1.54, 1.807) is 10.3 Å². The Morgan fingerprint density at radius 1 is 1.47 bits per heavy atom. The number of nitrogens with one attached hydrogen (secondary N) is 2. The number of hydrogen-bond donors (Lipinski definition) is 3. The summed E-state index contributed by atoms with van der Waals surface area (Å²) in [4.78, 5) is 22.7. The molecule has 0 aliphatic carbocycles. The van der Waals surface area contributed by atoms with E-state index >= 15 is 0 Å². The summed E-state index contributed by atoms with van der Waals surface area (Å²) in [5, 5.41) is 9.94. The van der Waals surface area contributed by atoms with Crippen LogP contribution >= 0.6 is 0 Å². The van der Waals surface area contributed by atoms with Crippen molar-refractivity contribution in [2.75, 3.05) is 5.32 Å². The molecule has 0 spiro atoms. The van der Waals surface area contributed by atoms with E-state index in [1.165, 1.54) is 0 Å². The first-order valence-corrected chi connectivity index (χ1v) is 3.60. The van der Waals surface area contributed by atoms with Crippen molar-refractivity contribution in [3.05, 3.63) is 28.2 Å². The molecule has 1 amide bonds. The summed E-state index contributed by atoms with van der Waals surface area (Å²) >= 11 is 0. The van der Waals surface area contributed by atoms with Crippen molar-refractivity contribution in [1.29, 1.82) is 0 Å². The smallest absolute Gasteiger partial charge is 0.421 e. The molecular formula is C7H5F3N2O3. The average Bonchev–Trinajstić information content (AvgIpc) is 2.05. The van der Waals surface area contributed by atoms with E-state index in [2.05, 4.69) is 0 Å². The molecule has 0 bridgehead atoms. The molecule has 0 radical (unpaired) electrons. The highest BCUT2D eigenvalue weighted by Crippen LogP contribution is 2.27. The van der Waals surface area contributed by atoms with Crippen molar-refractivity contribution in [2.24, 2.45) is 0 Å². The molecule has 1 aromatic heterocycles. The molecule has 0 aliphatic rings. The van der Waals surface area contributed by atoms with Gasteiger partial charge in [0, 0.05) is 6.20 Å². The monoisotopic (exact) mass is 222 g/mol. The molecule has 0 atom stereocenters. The largest absolute Gasteiger partial charge is 0.465 e. The van der Waals surface area contributed by atoms with Crippen LogP contribution in [0.2, 0.25) is 0 Å². The lowest BCUT2D eigenvalue weighted by molar-refractivity contribution is -0.138. The highest BCUT2D eigenvalue weighted by atomic mass is 19.4. The summed E-state index contributed by atoms with van der Waals surface area (Å²) in [6, 6.07) is 0.424. The van der Waals surface area contributed by atoms with Crippen LogP contribution in [-0.4, -0.2) is 16.2 Å². The maximum Gasteiger partial charge on any atom is 0.421 e. The van der Waals surface area contributed by atoms with E-state index in [0.717, 1.165) is 6.20 Å². The van der Waals surface area contributed by atoms with Gasteiger partial charge in [-0.05, 0) is 6.07 Å². The molecule has 0 aromatic carbocycles. The van der Waals surface area contributed by atoms with E-state index in [9.17, 15) is 22.8 Å². The minimum absolute atomic E-state index is 0.352. The zero-order valence-corrected chi connectivity index (χ0v) is 7.05. The highest BCUT2D eigenvalue weighted by molar-refractivity contribution is 5.82. The molecule has 0 aliphatic heterocycles. The molecule has 82 valence electrons. The Balaban J connectivity index is 3.17. The lowest BCUT2D eigenvalue weighted by Gasteiger charge is -2.07. The molecule has 5 nitrogen and oxygen atoms in total. The second kappa shape index (κ2) is 3.64. The van der Waals surface area contributed by atoms with Gasteiger partial charge in [0.25, 0.3) is 5.56 Å². The first kappa shape index (κ1) is 11.1. The first-order valence-electron chi connectivity index (χ1n) is 3.60. The number of carbonyl (C=O) groups is 1. The summed E-state index contributed by atoms with van der Waals surface area (Å²) < 4.78 is 36.5. The molecule has 1 aromatic rings. The van der Waals surface area contributed by atoms with Crippen LogP contribution in [0.1, 0.15) is 5.56 Å².